The molecule has 1 aliphatic rings. The lowest BCUT2D eigenvalue weighted by Gasteiger charge is -2.33. The summed E-state index contributed by atoms with van der Waals surface area (Å²) >= 11 is 0. The molecule has 1 fully saturated rings. The van der Waals surface area contributed by atoms with Gasteiger partial charge in [-0.1, -0.05) is 12.1 Å². The van der Waals surface area contributed by atoms with Gasteiger partial charge in [-0.3, -0.25) is 14.4 Å². The predicted molar refractivity (Wildman–Crippen MR) is 94.4 cm³/mol. The average Bonchev–Trinajstić information content (AvgIpc) is 3.25. The molecule has 0 radical (unpaired) electrons. The second-order valence-corrected chi connectivity index (χ2v) is 6.33. The summed E-state index contributed by atoms with van der Waals surface area (Å²) in [5, 5.41) is 8.56. The third-order valence-corrected chi connectivity index (χ3v) is 4.43. The highest BCUT2D eigenvalue weighted by Crippen LogP contribution is 2.18. The number of aromatic nitrogens is 4. The zero-order chi connectivity index (χ0) is 18.1. The van der Waals surface area contributed by atoms with Crippen LogP contribution in [-0.2, 0) is 18.4 Å². The molecule has 1 aliphatic heterocycles. The van der Waals surface area contributed by atoms with Crippen molar-refractivity contribution in [3.8, 4) is 5.69 Å². The minimum absolute atomic E-state index is 0.0396. The highest BCUT2D eigenvalue weighted by molar-refractivity contribution is 5.95. The Hall–Kier alpha value is -3.00. The number of carbonyl (C=O) groups excluding carboxylic acids is 1. The molecule has 4 rings (SSSR count). The molecule has 0 N–H and O–H groups in total. The summed E-state index contributed by atoms with van der Waals surface area (Å²) in [6, 6.07) is 8.37. The van der Waals surface area contributed by atoms with Gasteiger partial charge in [-0.05, 0) is 18.2 Å². The van der Waals surface area contributed by atoms with Crippen LogP contribution in [0, 0.1) is 5.82 Å². The number of amides is 1. The standard InChI is InChI=1S/C18H19FN6O/c1-22-12-15(10-20-22)24-9-8-23(13-18(24)26)11-14-6-7-25(21-14)17-5-3-2-4-16(17)19/h2-7,10,12H,8-9,11,13H2,1H3. The number of anilines is 1. The van der Waals surface area contributed by atoms with E-state index < -0.39 is 0 Å². The fourth-order valence-corrected chi connectivity index (χ4v) is 3.12. The van der Waals surface area contributed by atoms with Crippen molar-refractivity contribution < 1.29 is 9.18 Å². The molecule has 0 saturated carbocycles. The normalized spacial score (nSPS) is 15.6. The van der Waals surface area contributed by atoms with Crippen LogP contribution in [0.25, 0.3) is 5.69 Å². The molecule has 1 amide bonds. The maximum absolute atomic E-state index is 13.9. The number of para-hydroxylation sites is 1. The molecule has 0 atom stereocenters. The van der Waals surface area contributed by atoms with Crippen LogP contribution in [0.5, 0.6) is 0 Å². The molecule has 2 aromatic heterocycles. The third-order valence-electron chi connectivity index (χ3n) is 4.43. The van der Waals surface area contributed by atoms with Crippen molar-refractivity contribution in [1.29, 1.82) is 0 Å². The summed E-state index contributed by atoms with van der Waals surface area (Å²) in [4.78, 5) is 16.2. The molecule has 3 aromatic rings. The van der Waals surface area contributed by atoms with Gasteiger partial charge in [0.05, 0.1) is 24.1 Å². The third kappa shape index (κ3) is 3.23. The molecule has 0 bridgehead atoms. The van der Waals surface area contributed by atoms with E-state index >= 15 is 0 Å². The summed E-state index contributed by atoms with van der Waals surface area (Å²) in [5.41, 5.74) is 2.04. The van der Waals surface area contributed by atoms with Gasteiger partial charge in [0, 0.05) is 39.1 Å². The lowest BCUT2D eigenvalue weighted by atomic mass is 10.2. The fourth-order valence-electron chi connectivity index (χ4n) is 3.12. The van der Waals surface area contributed by atoms with Crippen molar-refractivity contribution in [2.45, 2.75) is 6.54 Å². The van der Waals surface area contributed by atoms with E-state index in [0.29, 0.717) is 25.3 Å². The molecule has 8 heteroatoms. The van der Waals surface area contributed by atoms with Gasteiger partial charge in [-0.15, -0.1) is 0 Å². The number of hydrogen-bond acceptors (Lipinski definition) is 4. The quantitative estimate of drug-likeness (QED) is 0.714. The summed E-state index contributed by atoms with van der Waals surface area (Å²) in [6.07, 6.45) is 5.27. The van der Waals surface area contributed by atoms with Gasteiger partial charge >= 0.3 is 0 Å². The Morgan fingerprint density at radius 2 is 2.04 bits per heavy atom. The average molecular weight is 354 g/mol. The Morgan fingerprint density at radius 3 is 2.77 bits per heavy atom. The van der Waals surface area contributed by atoms with E-state index in [1.54, 1.807) is 40.2 Å². The molecular formula is C18H19FN6O. The number of nitrogens with zero attached hydrogens (tertiary/aromatic N) is 6. The van der Waals surface area contributed by atoms with Crippen molar-refractivity contribution >= 4 is 11.6 Å². The van der Waals surface area contributed by atoms with E-state index in [9.17, 15) is 9.18 Å². The van der Waals surface area contributed by atoms with Gasteiger partial charge in [0.2, 0.25) is 5.91 Å². The van der Waals surface area contributed by atoms with Crippen molar-refractivity contribution in [3.63, 3.8) is 0 Å². The van der Waals surface area contributed by atoms with Crippen LogP contribution in [-0.4, -0.2) is 50.0 Å². The van der Waals surface area contributed by atoms with Gasteiger partial charge in [0.25, 0.3) is 0 Å². The summed E-state index contributed by atoms with van der Waals surface area (Å²) < 4.78 is 17.1. The number of carbonyl (C=O) groups is 1. The first-order valence-corrected chi connectivity index (χ1v) is 8.41. The highest BCUT2D eigenvalue weighted by Gasteiger charge is 2.26. The van der Waals surface area contributed by atoms with E-state index in [1.807, 2.05) is 24.2 Å². The Morgan fingerprint density at radius 1 is 1.19 bits per heavy atom. The van der Waals surface area contributed by atoms with E-state index in [2.05, 4.69) is 10.2 Å². The van der Waals surface area contributed by atoms with Crippen LogP contribution in [0.4, 0.5) is 10.1 Å². The van der Waals surface area contributed by atoms with Crippen LogP contribution < -0.4 is 4.90 Å². The van der Waals surface area contributed by atoms with Crippen molar-refractivity contribution in [1.82, 2.24) is 24.5 Å². The number of hydrogen-bond donors (Lipinski definition) is 0. The van der Waals surface area contributed by atoms with Crippen LogP contribution >= 0.6 is 0 Å². The summed E-state index contributed by atoms with van der Waals surface area (Å²) in [7, 11) is 1.83. The topological polar surface area (TPSA) is 59.2 Å². The van der Waals surface area contributed by atoms with Crippen molar-refractivity contribution in [2.24, 2.45) is 7.05 Å². The second kappa shape index (κ2) is 6.72. The maximum atomic E-state index is 13.9. The minimum Gasteiger partial charge on any atom is -0.307 e. The zero-order valence-corrected chi connectivity index (χ0v) is 14.4. The molecule has 134 valence electrons. The van der Waals surface area contributed by atoms with Crippen LogP contribution in [0.15, 0.2) is 48.9 Å². The lowest BCUT2D eigenvalue weighted by molar-refractivity contribution is -0.121. The largest absolute Gasteiger partial charge is 0.307 e. The van der Waals surface area contributed by atoms with Crippen molar-refractivity contribution in [2.75, 3.05) is 24.5 Å². The number of aryl methyl sites for hydroxylation is 1. The lowest BCUT2D eigenvalue weighted by Crippen LogP contribution is -2.50. The summed E-state index contributed by atoms with van der Waals surface area (Å²) in [6.45, 7) is 2.22. The first-order chi connectivity index (χ1) is 12.6. The first kappa shape index (κ1) is 16.5. The molecule has 3 heterocycles. The SMILES string of the molecule is Cn1cc(N2CCN(Cc3ccn(-c4ccccc4F)n3)CC2=O)cn1. The fraction of sp³-hybridized carbons (Fsp3) is 0.278. The molecule has 7 nitrogen and oxygen atoms in total. The highest BCUT2D eigenvalue weighted by atomic mass is 19.1. The molecule has 1 saturated heterocycles. The van der Waals surface area contributed by atoms with E-state index in [4.69, 9.17) is 0 Å². The molecule has 0 aliphatic carbocycles. The minimum atomic E-state index is -0.317. The molecule has 0 unspecified atom stereocenters. The molecule has 26 heavy (non-hydrogen) atoms. The number of piperazine rings is 1. The van der Waals surface area contributed by atoms with Gasteiger partial charge in [0.15, 0.2) is 0 Å². The van der Waals surface area contributed by atoms with E-state index in [1.165, 1.54) is 10.7 Å². The Balaban J connectivity index is 1.42. The van der Waals surface area contributed by atoms with Gasteiger partial charge in [-0.2, -0.15) is 10.2 Å². The summed E-state index contributed by atoms with van der Waals surface area (Å²) in [5.74, 6) is -0.278. The van der Waals surface area contributed by atoms with Crippen molar-refractivity contribution in [3.05, 3.63) is 60.4 Å². The van der Waals surface area contributed by atoms with Crippen LogP contribution in [0.3, 0.4) is 0 Å². The number of benzene rings is 1. The molecular weight excluding hydrogens is 335 g/mol. The Labute approximate surface area is 150 Å². The second-order valence-electron chi connectivity index (χ2n) is 6.33. The van der Waals surface area contributed by atoms with Gasteiger partial charge in [0.1, 0.15) is 11.5 Å². The number of halogens is 1. The van der Waals surface area contributed by atoms with Gasteiger partial charge in [-0.25, -0.2) is 9.07 Å². The Bertz CT molecular complexity index is 933. The van der Waals surface area contributed by atoms with Gasteiger partial charge < -0.3 is 4.90 Å². The first-order valence-electron chi connectivity index (χ1n) is 8.41. The maximum Gasteiger partial charge on any atom is 0.241 e. The molecule has 0 spiro atoms. The Kier molecular flexibility index (Phi) is 4.26. The smallest absolute Gasteiger partial charge is 0.241 e. The van der Waals surface area contributed by atoms with Crippen LogP contribution in [0.2, 0.25) is 0 Å². The monoisotopic (exact) mass is 354 g/mol. The van der Waals surface area contributed by atoms with E-state index in [0.717, 1.165) is 17.9 Å². The zero-order valence-electron chi connectivity index (χ0n) is 14.4. The molecule has 1 aromatic carbocycles. The predicted octanol–water partition coefficient (Wildman–Crippen LogP) is 1.59. The number of rotatable bonds is 4. The van der Waals surface area contributed by atoms with E-state index in [-0.39, 0.29) is 11.7 Å². The van der Waals surface area contributed by atoms with Crippen LogP contribution in [0.1, 0.15) is 5.69 Å².